The Morgan fingerprint density at radius 3 is 1.64 bits per heavy atom. The van der Waals surface area contributed by atoms with Crippen LogP contribution in [-0.2, 0) is 9.47 Å². The average molecular weight is 208 g/mol. The fraction of sp³-hybridized carbons (Fsp3) is 1.00. The fourth-order valence-electron chi connectivity index (χ4n) is 0.825. The van der Waals surface area contributed by atoms with Crippen LogP contribution in [0.15, 0.2) is 0 Å². The highest BCUT2D eigenvalue weighted by Gasteiger charge is 2.44. The van der Waals surface area contributed by atoms with Gasteiger partial charge in [-0.3, -0.25) is 20.2 Å². The lowest BCUT2D eigenvalue weighted by molar-refractivity contribution is -0.761. The van der Waals surface area contributed by atoms with E-state index in [1.54, 1.807) is 13.8 Å². The molecule has 82 valence electrons. The zero-order valence-electron chi connectivity index (χ0n) is 7.91. The number of nitro groups is 2. The zero-order chi connectivity index (χ0) is 11.1. The van der Waals surface area contributed by atoms with Gasteiger partial charge in [0.25, 0.3) is 0 Å². The molecule has 0 aromatic heterocycles. The first-order valence-corrected chi connectivity index (χ1v) is 4.04. The second-order valence-electron chi connectivity index (χ2n) is 2.26. The molecule has 0 heterocycles. The standard InChI is InChI=1S/C6H12N2O6/c1-3-13-6(14-4-2)5(7(9)10)8(11)12/h5-6H,3-4H2,1-2H3. The van der Waals surface area contributed by atoms with Crippen molar-refractivity contribution in [3.8, 4) is 0 Å². The molecule has 0 aromatic rings. The van der Waals surface area contributed by atoms with E-state index in [9.17, 15) is 20.2 Å². The van der Waals surface area contributed by atoms with Crippen LogP contribution in [0.2, 0.25) is 0 Å². The van der Waals surface area contributed by atoms with E-state index in [0.29, 0.717) is 0 Å². The van der Waals surface area contributed by atoms with Crippen molar-refractivity contribution in [1.82, 2.24) is 0 Å². The molecule has 0 amide bonds. The molecule has 0 bridgehead atoms. The van der Waals surface area contributed by atoms with Crippen LogP contribution in [0.1, 0.15) is 13.8 Å². The molecule has 0 radical (unpaired) electrons. The summed E-state index contributed by atoms with van der Waals surface area (Å²) in [4.78, 5) is 18.6. The number of rotatable bonds is 7. The van der Waals surface area contributed by atoms with Gasteiger partial charge < -0.3 is 9.47 Å². The lowest BCUT2D eigenvalue weighted by atomic mass is 10.5. The normalized spacial score (nSPS) is 10.9. The molecule has 0 aliphatic heterocycles. The Hall–Kier alpha value is -1.28. The fourth-order valence-corrected chi connectivity index (χ4v) is 0.825. The number of nitrogens with zero attached hydrogens (tertiary/aromatic N) is 2. The molecule has 14 heavy (non-hydrogen) atoms. The third-order valence-corrected chi connectivity index (χ3v) is 1.34. The minimum absolute atomic E-state index is 0.114. The average Bonchev–Trinajstić information content (AvgIpc) is 2.03. The van der Waals surface area contributed by atoms with Crippen LogP contribution in [0.3, 0.4) is 0 Å². The van der Waals surface area contributed by atoms with Crippen molar-refractivity contribution in [3.05, 3.63) is 20.2 Å². The molecular weight excluding hydrogens is 196 g/mol. The molecule has 0 spiro atoms. The monoisotopic (exact) mass is 208 g/mol. The Bertz CT molecular complexity index is 188. The van der Waals surface area contributed by atoms with Crippen molar-refractivity contribution < 1.29 is 19.3 Å². The smallest absolute Gasteiger partial charge is 0.341 e. The molecule has 0 saturated carbocycles. The molecule has 0 atom stereocenters. The van der Waals surface area contributed by atoms with Crippen LogP contribution in [0.5, 0.6) is 0 Å². The first-order valence-electron chi connectivity index (χ1n) is 4.04. The summed E-state index contributed by atoms with van der Waals surface area (Å²) in [5, 5.41) is 20.7. The maximum Gasteiger partial charge on any atom is 0.499 e. The molecule has 0 unspecified atom stereocenters. The van der Waals surface area contributed by atoms with E-state index in [2.05, 4.69) is 0 Å². The Kier molecular flexibility index (Phi) is 5.65. The van der Waals surface area contributed by atoms with Crippen LogP contribution in [-0.4, -0.2) is 35.5 Å². The summed E-state index contributed by atoms with van der Waals surface area (Å²) in [5.41, 5.74) is 0. The molecule has 0 aromatic carbocycles. The van der Waals surface area contributed by atoms with Gasteiger partial charge in [-0.05, 0) is 13.8 Å². The largest absolute Gasteiger partial charge is 0.499 e. The van der Waals surface area contributed by atoms with Crippen molar-refractivity contribution in [2.24, 2.45) is 0 Å². The first-order chi connectivity index (χ1) is 6.54. The van der Waals surface area contributed by atoms with Gasteiger partial charge in [-0.2, -0.15) is 0 Å². The van der Waals surface area contributed by atoms with Gasteiger partial charge in [-0.1, -0.05) is 0 Å². The Balaban J connectivity index is 4.54. The summed E-state index contributed by atoms with van der Waals surface area (Å²) in [6.07, 6.45) is -3.51. The van der Waals surface area contributed by atoms with Crippen LogP contribution >= 0.6 is 0 Å². The number of hydrogen-bond donors (Lipinski definition) is 0. The zero-order valence-corrected chi connectivity index (χ0v) is 7.91. The maximum absolute atomic E-state index is 10.3. The molecule has 0 aliphatic rings. The van der Waals surface area contributed by atoms with Crippen LogP contribution < -0.4 is 0 Å². The predicted octanol–water partition coefficient (Wildman–Crippen LogP) is 0.265. The second-order valence-corrected chi connectivity index (χ2v) is 2.26. The summed E-state index contributed by atoms with van der Waals surface area (Å²) in [6, 6.07) is 0. The van der Waals surface area contributed by atoms with E-state index >= 15 is 0 Å². The van der Waals surface area contributed by atoms with E-state index in [1.165, 1.54) is 0 Å². The minimum atomic E-state index is -2.07. The molecular formula is C6H12N2O6. The van der Waals surface area contributed by atoms with Gasteiger partial charge in [-0.15, -0.1) is 0 Å². The third-order valence-electron chi connectivity index (χ3n) is 1.34. The van der Waals surface area contributed by atoms with Crippen LogP contribution in [0.4, 0.5) is 0 Å². The first kappa shape index (κ1) is 12.7. The van der Waals surface area contributed by atoms with Gasteiger partial charge in [-0.25, -0.2) is 0 Å². The molecule has 0 fully saturated rings. The van der Waals surface area contributed by atoms with Gasteiger partial charge in [0.15, 0.2) is 0 Å². The van der Waals surface area contributed by atoms with E-state index < -0.39 is 22.3 Å². The summed E-state index contributed by atoms with van der Waals surface area (Å²) >= 11 is 0. The van der Waals surface area contributed by atoms with E-state index in [1.807, 2.05) is 0 Å². The number of ether oxygens (including phenoxy) is 2. The van der Waals surface area contributed by atoms with Crippen molar-refractivity contribution in [1.29, 1.82) is 0 Å². The van der Waals surface area contributed by atoms with Crippen molar-refractivity contribution in [3.63, 3.8) is 0 Å². The topological polar surface area (TPSA) is 105 Å². The summed E-state index contributed by atoms with van der Waals surface area (Å²) in [6.45, 7) is 3.37. The highest BCUT2D eigenvalue weighted by atomic mass is 16.7. The van der Waals surface area contributed by atoms with Crippen LogP contribution in [0.25, 0.3) is 0 Å². The van der Waals surface area contributed by atoms with Gasteiger partial charge >= 0.3 is 12.5 Å². The van der Waals surface area contributed by atoms with Gasteiger partial charge in [0.2, 0.25) is 0 Å². The highest BCUT2D eigenvalue weighted by molar-refractivity contribution is 4.48. The van der Waals surface area contributed by atoms with Crippen molar-refractivity contribution in [2.45, 2.75) is 26.3 Å². The van der Waals surface area contributed by atoms with Crippen molar-refractivity contribution in [2.75, 3.05) is 13.2 Å². The Morgan fingerprint density at radius 2 is 1.43 bits per heavy atom. The molecule has 0 N–H and O–H groups in total. The molecule has 0 aliphatic carbocycles. The summed E-state index contributed by atoms with van der Waals surface area (Å²) < 4.78 is 9.52. The minimum Gasteiger partial charge on any atom is -0.341 e. The van der Waals surface area contributed by atoms with E-state index in [-0.39, 0.29) is 13.2 Å². The lowest BCUT2D eigenvalue weighted by Crippen LogP contribution is -2.43. The highest BCUT2D eigenvalue weighted by Crippen LogP contribution is 2.06. The quantitative estimate of drug-likeness (QED) is 0.337. The molecule has 0 saturated heterocycles. The molecule has 0 rings (SSSR count). The van der Waals surface area contributed by atoms with Crippen LogP contribution in [0, 0.1) is 20.2 Å². The summed E-state index contributed by atoms with van der Waals surface area (Å²) in [7, 11) is 0. The van der Waals surface area contributed by atoms with Crippen molar-refractivity contribution >= 4 is 0 Å². The second kappa shape index (κ2) is 6.22. The SMILES string of the molecule is CCOC(OCC)C([N+](=O)[O-])[N+](=O)[O-]. The summed E-state index contributed by atoms with van der Waals surface area (Å²) in [5.74, 6) is 0. The Morgan fingerprint density at radius 1 is 1.07 bits per heavy atom. The lowest BCUT2D eigenvalue weighted by Gasteiger charge is -2.14. The number of hydrogen-bond acceptors (Lipinski definition) is 6. The maximum atomic E-state index is 10.3. The van der Waals surface area contributed by atoms with Gasteiger partial charge in [0.1, 0.15) is 9.85 Å². The molecule has 8 heteroatoms. The Labute approximate surface area is 80.1 Å². The van der Waals surface area contributed by atoms with Gasteiger partial charge in [0, 0.05) is 13.2 Å². The van der Waals surface area contributed by atoms with E-state index in [0.717, 1.165) is 0 Å². The third kappa shape index (κ3) is 3.62. The predicted molar refractivity (Wildman–Crippen MR) is 44.8 cm³/mol. The van der Waals surface area contributed by atoms with E-state index in [4.69, 9.17) is 9.47 Å². The molecule has 8 nitrogen and oxygen atoms in total. The van der Waals surface area contributed by atoms with Gasteiger partial charge in [0.05, 0.1) is 0 Å².